The Kier molecular flexibility index (Phi) is 12.9. The molecule has 0 aliphatic carbocycles. The molecule has 0 N–H and O–H groups in total. The van der Waals surface area contributed by atoms with E-state index in [1.165, 1.54) is 0 Å². The van der Waals surface area contributed by atoms with Crippen LogP contribution in [0, 0.1) is 0 Å². The molecule has 0 saturated heterocycles. The van der Waals surface area contributed by atoms with Crippen LogP contribution < -0.4 is 0 Å². The molecule has 37 heavy (non-hydrogen) atoms. The minimum absolute atomic E-state index is 0.240. The van der Waals surface area contributed by atoms with Crippen molar-refractivity contribution < 1.29 is 28.6 Å². The van der Waals surface area contributed by atoms with Crippen LogP contribution in [-0.2, 0) is 28.6 Å². The van der Waals surface area contributed by atoms with E-state index in [2.05, 4.69) is 37.9 Å². The van der Waals surface area contributed by atoms with Gasteiger partial charge < -0.3 is 14.2 Å². The zero-order chi connectivity index (χ0) is 27.4. The van der Waals surface area contributed by atoms with Crippen molar-refractivity contribution in [2.75, 3.05) is 37.1 Å². The molecule has 0 radical (unpaired) electrons. The summed E-state index contributed by atoms with van der Waals surface area (Å²) in [4.78, 5) is 38.4. The van der Waals surface area contributed by atoms with Crippen LogP contribution in [0.2, 0.25) is 0 Å². The van der Waals surface area contributed by atoms with Gasteiger partial charge in [-0.1, -0.05) is 44.0 Å². The Morgan fingerprint density at radius 1 is 0.676 bits per heavy atom. The summed E-state index contributed by atoms with van der Waals surface area (Å²) in [6, 6.07) is 10.2. The molecule has 2 aromatic rings. The van der Waals surface area contributed by atoms with E-state index < -0.39 is 17.9 Å². The highest BCUT2D eigenvalue weighted by molar-refractivity contribution is 8.04. The van der Waals surface area contributed by atoms with Crippen LogP contribution in [-0.4, -0.2) is 55.0 Å². The van der Waals surface area contributed by atoms with Gasteiger partial charge in [0.15, 0.2) is 0 Å². The van der Waals surface area contributed by atoms with Crippen LogP contribution in [0.1, 0.15) is 20.8 Å². The molecule has 198 valence electrons. The van der Waals surface area contributed by atoms with Crippen LogP contribution in [0.4, 0.5) is 0 Å². The second-order valence-corrected chi connectivity index (χ2v) is 11.4. The number of carbonyl (C=O) groups is 3. The molecule has 0 saturated carbocycles. The molecular weight excluding hydrogens is 529 g/mol. The van der Waals surface area contributed by atoms with Gasteiger partial charge in [0, 0.05) is 48.7 Å². The summed E-state index contributed by atoms with van der Waals surface area (Å²) in [6.45, 7) is 16.4. The summed E-state index contributed by atoms with van der Waals surface area (Å²) in [5, 5.41) is 2.15. The van der Waals surface area contributed by atoms with Gasteiger partial charge in [0.2, 0.25) is 0 Å². The molecule has 0 heterocycles. The van der Waals surface area contributed by atoms with Gasteiger partial charge in [-0.25, -0.2) is 14.4 Å². The molecule has 0 amide bonds. The lowest BCUT2D eigenvalue weighted by atomic mass is 10.1. The number of rotatable bonds is 15. The first-order valence-corrected chi connectivity index (χ1v) is 14.5. The van der Waals surface area contributed by atoms with Gasteiger partial charge in [0.25, 0.3) is 0 Å². The van der Waals surface area contributed by atoms with Crippen molar-refractivity contribution in [3.8, 4) is 0 Å². The first kappa shape index (κ1) is 30.6. The Labute approximate surface area is 231 Å². The van der Waals surface area contributed by atoms with Gasteiger partial charge in [0.05, 0.1) is 0 Å². The van der Waals surface area contributed by atoms with Crippen molar-refractivity contribution >= 4 is 64.0 Å². The van der Waals surface area contributed by atoms with E-state index >= 15 is 0 Å². The van der Waals surface area contributed by atoms with E-state index in [1.807, 2.05) is 12.1 Å². The van der Waals surface area contributed by atoms with E-state index in [9.17, 15) is 14.4 Å². The SMILES string of the molecule is C=C(C)C(=O)OCCSc1cc2ccccc2c(SCCOC(=O)C(=C)C)c1SCCOC(=O)C(=C)C. The van der Waals surface area contributed by atoms with Crippen molar-refractivity contribution in [1.82, 2.24) is 0 Å². The number of thioether (sulfide) groups is 3. The van der Waals surface area contributed by atoms with Crippen LogP contribution >= 0.6 is 35.3 Å². The summed E-state index contributed by atoms with van der Waals surface area (Å²) in [6.07, 6.45) is 0. The monoisotopic (exact) mass is 560 g/mol. The van der Waals surface area contributed by atoms with E-state index in [0.717, 1.165) is 25.5 Å². The smallest absolute Gasteiger partial charge is 0.333 e. The van der Waals surface area contributed by atoms with Gasteiger partial charge in [-0.05, 0) is 37.6 Å². The average molecular weight is 561 g/mol. The van der Waals surface area contributed by atoms with Gasteiger partial charge in [-0.3, -0.25) is 0 Å². The molecule has 0 atom stereocenters. The van der Waals surface area contributed by atoms with Gasteiger partial charge in [-0.2, -0.15) is 0 Å². The average Bonchev–Trinajstić information content (AvgIpc) is 2.86. The first-order chi connectivity index (χ1) is 17.6. The van der Waals surface area contributed by atoms with Crippen LogP contribution in [0.25, 0.3) is 10.8 Å². The summed E-state index contributed by atoms with van der Waals surface area (Å²) in [5.74, 6) is 0.443. The number of hydrogen-bond donors (Lipinski definition) is 0. The Hall–Kier alpha value is -2.62. The Morgan fingerprint density at radius 3 is 1.59 bits per heavy atom. The molecule has 6 nitrogen and oxygen atoms in total. The summed E-state index contributed by atoms with van der Waals surface area (Å²) < 4.78 is 15.8. The largest absolute Gasteiger partial charge is 0.461 e. The van der Waals surface area contributed by atoms with Crippen LogP contribution in [0.3, 0.4) is 0 Å². The number of ether oxygens (including phenoxy) is 3. The molecule has 0 bridgehead atoms. The number of hydrogen-bond acceptors (Lipinski definition) is 9. The van der Waals surface area contributed by atoms with Crippen molar-refractivity contribution in [3.05, 3.63) is 66.8 Å². The molecule has 2 rings (SSSR count). The molecular formula is C28H32O6S3. The highest BCUT2D eigenvalue weighted by atomic mass is 32.2. The standard InChI is InChI=1S/C28H32O6S3/c1-18(2)26(29)32-11-14-35-23-17-21-9-7-8-10-22(21)24(36-15-12-33-27(30)19(3)4)25(23)37-16-13-34-28(31)20(5)6/h7-10,17H,1,3,5,11-16H2,2,4,6H3. The summed E-state index contributed by atoms with van der Waals surface area (Å²) in [7, 11) is 0. The molecule has 0 aliphatic rings. The lowest BCUT2D eigenvalue weighted by Crippen LogP contribution is -2.09. The highest BCUT2D eigenvalue weighted by Crippen LogP contribution is 2.43. The normalized spacial score (nSPS) is 10.6. The van der Waals surface area contributed by atoms with Gasteiger partial charge in [0.1, 0.15) is 19.8 Å². The molecule has 2 aromatic carbocycles. The molecule has 0 unspecified atom stereocenters. The van der Waals surface area contributed by atoms with Gasteiger partial charge in [-0.15, -0.1) is 35.3 Å². The van der Waals surface area contributed by atoms with Crippen molar-refractivity contribution in [2.45, 2.75) is 35.5 Å². The zero-order valence-corrected chi connectivity index (χ0v) is 23.9. The fourth-order valence-corrected chi connectivity index (χ4v) is 6.24. The van der Waals surface area contributed by atoms with Crippen molar-refractivity contribution in [2.24, 2.45) is 0 Å². The quantitative estimate of drug-likeness (QED) is 0.0800. The molecule has 9 heteroatoms. The lowest BCUT2D eigenvalue weighted by molar-refractivity contribution is -0.139. The third-order valence-corrected chi connectivity index (χ3v) is 8.10. The van der Waals surface area contributed by atoms with E-state index in [0.29, 0.717) is 34.0 Å². The second kappa shape index (κ2) is 15.6. The van der Waals surface area contributed by atoms with E-state index in [-0.39, 0.29) is 19.8 Å². The predicted molar refractivity (Wildman–Crippen MR) is 153 cm³/mol. The van der Waals surface area contributed by atoms with Crippen molar-refractivity contribution in [1.29, 1.82) is 0 Å². The molecule has 0 fully saturated rings. The number of esters is 3. The fraction of sp³-hybridized carbons (Fsp3) is 0.321. The maximum Gasteiger partial charge on any atom is 0.333 e. The topological polar surface area (TPSA) is 78.9 Å². The number of fused-ring (bicyclic) bond motifs is 1. The summed E-state index contributed by atoms with van der Waals surface area (Å²) >= 11 is 4.78. The Bertz CT molecular complexity index is 1190. The molecule has 0 aromatic heterocycles. The van der Waals surface area contributed by atoms with E-state index in [4.69, 9.17) is 14.2 Å². The fourth-order valence-electron chi connectivity index (χ4n) is 2.87. The lowest BCUT2D eigenvalue weighted by Gasteiger charge is -2.17. The minimum Gasteiger partial charge on any atom is -0.461 e. The number of carbonyl (C=O) groups excluding carboxylic acids is 3. The highest BCUT2D eigenvalue weighted by Gasteiger charge is 2.17. The Balaban J connectivity index is 2.27. The van der Waals surface area contributed by atoms with Gasteiger partial charge >= 0.3 is 17.9 Å². The third-order valence-electron chi connectivity index (χ3n) is 4.67. The molecule has 0 aliphatic heterocycles. The second-order valence-electron chi connectivity index (χ2n) is 8.05. The summed E-state index contributed by atoms with van der Waals surface area (Å²) in [5.41, 5.74) is 1.08. The number of benzene rings is 2. The predicted octanol–water partition coefficient (Wildman–Crippen LogP) is 6.47. The van der Waals surface area contributed by atoms with Crippen LogP contribution in [0.5, 0.6) is 0 Å². The van der Waals surface area contributed by atoms with Crippen molar-refractivity contribution in [3.63, 3.8) is 0 Å². The van der Waals surface area contributed by atoms with Crippen LogP contribution in [0.15, 0.2) is 81.5 Å². The van der Waals surface area contributed by atoms with E-state index in [1.54, 1.807) is 56.1 Å². The first-order valence-electron chi connectivity index (χ1n) is 11.5. The third kappa shape index (κ3) is 9.98. The zero-order valence-electron chi connectivity index (χ0n) is 21.4. The molecule has 0 spiro atoms. The minimum atomic E-state index is -0.415. The Morgan fingerprint density at radius 2 is 1.11 bits per heavy atom. The maximum absolute atomic E-state index is 11.8. The maximum atomic E-state index is 11.8.